The number of ether oxygens (including phenoxy) is 1. The molecule has 1 saturated heterocycles. The molecule has 4 N–H and O–H groups in total. The van der Waals surface area contributed by atoms with Crippen LogP contribution in [-0.4, -0.2) is 36.3 Å². The SMILES string of the molecule is Br.Nc1ncc(Br)s1.Nc1ncc(N2CCOCC2)s1. The number of nitrogens with two attached hydrogens (primary N) is 2. The van der Waals surface area contributed by atoms with Crippen molar-refractivity contribution in [2.24, 2.45) is 0 Å². The highest BCUT2D eigenvalue weighted by Gasteiger charge is 2.12. The monoisotopic (exact) mass is 443 g/mol. The van der Waals surface area contributed by atoms with Gasteiger partial charge in [0.25, 0.3) is 0 Å². The molecule has 0 aromatic carbocycles. The molecule has 0 radical (unpaired) electrons. The summed E-state index contributed by atoms with van der Waals surface area (Å²) >= 11 is 6.17. The van der Waals surface area contributed by atoms with E-state index < -0.39 is 0 Å². The summed E-state index contributed by atoms with van der Waals surface area (Å²) in [5, 5.41) is 2.39. The van der Waals surface area contributed by atoms with Gasteiger partial charge >= 0.3 is 0 Å². The van der Waals surface area contributed by atoms with E-state index in [0.29, 0.717) is 10.3 Å². The molecule has 10 heteroatoms. The zero-order valence-electron chi connectivity index (χ0n) is 10.5. The molecule has 0 unspecified atom stereocenters. The van der Waals surface area contributed by atoms with Crippen molar-refractivity contribution < 1.29 is 4.74 Å². The summed E-state index contributed by atoms with van der Waals surface area (Å²) in [6, 6.07) is 0. The van der Waals surface area contributed by atoms with E-state index in [1.807, 2.05) is 6.20 Å². The van der Waals surface area contributed by atoms with Gasteiger partial charge in [-0.3, -0.25) is 0 Å². The number of nitrogens with zero attached hydrogens (tertiary/aromatic N) is 3. The molecule has 0 atom stereocenters. The van der Waals surface area contributed by atoms with E-state index in [4.69, 9.17) is 16.2 Å². The Labute approximate surface area is 144 Å². The third-order valence-corrected chi connectivity index (χ3v) is 4.52. The van der Waals surface area contributed by atoms with Crippen LogP contribution in [-0.2, 0) is 4.74 Å². The van der Waals surface area contributed by atoms with E-state index in [9.17, 15) is 0 Å². The third-order valence-electron chi connectivity index (χ3n) is 2.33. The first-order valence-electron chi connectivity index (χ1n) is 5.56. The minimum atomic E-state index is 0. The van der Waals surface area contributed by atoms with Crippen LogP contribution in [0.1, 0.15) is 0 Å². The van der Waals surface area contributed by atoms with Crippen LogP contribution in [0, 0.1) is 0 Å². The van der Waals surface area contributed by atoms with Crippen molar-refractivity contribution in [3.05, 3.63) is 16.2 Å². The van der Waals surface area contributed by atoms with Crippen molar-refractivity contribution in [2.75, 3.05) is 42.7 Å². The van der Waals surface area contributed by atoms with E-state index in [0.717, 1.165) is 35.1 Å². The van der Waals surface area contributed by atoms with Crippen LogP contribution in [0.15, 0.2) is 16.2 Å². The molecule has 1 fully saturated rings. The van der Waals surface area contributed by atoms with Gasteiger partial charge in [-0.1, -0.05) is 22.7 Å². The lowest BCUT2D eigenvalue weighted by atomic mass is 10.4. The summed E-state index contributed by atoms with van der Waals surface area (Å²) in [4.78, 5) is 10.0. The minimum absolute atomic E-state index is 0. The first kappa shape index (κ1) is 17.6. The molecule has 6 nitrogen and oxygen atoms in total. The normalized spacial score (nSPS) is 14.2. The third kappa shape index (κ3) is 5.52. The van der Waals surface area contributed by atoms with Gasteiger partial charge in [0.1, 0.15) is 5.00 Å². The van der Waals surface area contributed by atoms with Crippen molar-refractivity contribution >= 4 is 70.8 Å². The van der Waals surface area contributed by atoms with Crippen molar-refractivity contribution in [1.82, 2.24) is 9.97 Å². The molecule has 3 heterocycles. The number of hydrogen-bond acceptors (Lipinski definition) is 8. The second kappa shape index (κ2) is 8.78. The van der Waals surface area contributed by atoms with E-state index in [-0.39, 0.29) is 17.0 Å². The standard InChI is InChI=1S/C7H11N3OS.C3H3BrN2S.BrH/c8-7-9-5-6(12-7)10-1-3-11-4-2-10;4-2-1-6-3(5)7-2;/h5H,1-4H2,(H2,8,9);1H,(H2,5,6);1H. The molecule has 112 valence electrons. The molecular formula is C10H15Br2N5OS2. The molecule has 0 amide bonds. The lowest BCUT2D eigenvalue weighted by Gasteiger charge is -2.26. The van der Waals surface area contributed by atoms with Gasteiger partial charge in [0, 0.05) is 13.1 Å². The fourth-order valence-corrected chi connectivity index (χ4v) is 3.22. The number of halogens is 2. The van der Waals surface area contributed by atoms with Gasteiger partial charge in [-0.25, -0.2) is 9.97 Å². The Hall–Kier alpha value is -0.420. The molecule has 0 spiro atoms. The van der Waals surface area contributed by atoms with Crippen molar-refractivity contribution in [3.63, 3.8) is 0 Å². The molecule has 0 aliphatic carbocycles. The number of aromatic nitrogens is 2. The maximum absolute atomic E-state index is 5.53. The fraction of sp³-hybridized carbons (Fsp3) is 0.400. The number of nitrogen functional groups attached to an aromatic ring is 2. The van der Waals surface area contributed by atoms with E-state index in [1.165, 1.54) is 22.7 Å². The first-order chi connectivity index (χ1) is 9.15. The van der Waals surface area contributed by atoms with Crippen LogP contribution in [0.2, 0.25) is 0 Å². The molecule has 1 aliphatic rings. The van der Waals surface area contributed by atoms with Crippen LogP contribution in [0.25, 0.3) is 0 Å². The van der Waals surface area contributed by atoms with Crippen molar-refractivity contribution in [3.8, 4) is 0 Å². The zero-order chi connectivity index (χ0) is 13.7. The van der Waals surface area contributed by atoms with Crippen LogP contribution in [0.3, 0.4) is 0 Å². The molecule has 2 aromatic heterocycles. The topological polar surface area (TPSA) is 90.3 Å². The summed E-state index contributed by atoms with van der Waals surface area (Å²) < 4.78 is 6.22. The number of thiazole rings is 2. The highest BCUT2D eigenvalue weighted by molar-refractivity contribution is 9.11. The predicted octanol–water partition coefficient (Wildman–Crippen LogP) is 2.63. The molecule has 3 rings (SSSR count). The van der Waals surface area contributed by atoms with Crippen LogP contribution in [0.5, 0.6) is 0 Å². The molecule has 0 bridgehead atoms. The average Bonchev–Trinajstić information content (AvgIpc) is 3.00. The highest BCUT2D eigenvalue weighted by Crippen LogP contribution is 2.25. The van der Waals surface area contributed by atoms with Crippen LogP contribution >= 0.6 is 55.6 Å². The van der Waals surface area contributed by atoms with Crippen LogP contribution < -0.4 is 16.4 Å². The molecule has 2 aromatic rings. The maximum atomic E-state index is 5.53. The lowest BCUT2D eigenvalue weighted by molar-refractivity contribution is 0.123. The maximum Gasteiger partial charge on any atom is 0.181 e. The second-order valence-electron chi connectivity index (χ2n) is 3.64. The van der Waals surface area contributed by atoms with Crippen molar-refractivity contribution in [1.29, 1.82) is 0 Å². The lowest BCUT2D eigenvalue weighted by Crippen LogP contribution is -2.35. The Morgan fingerprint density at radius 2 is 1.70 bits per heavy atom. The summed E-state index contributed by atoms with van der Waals surface area (Å²) in [5.41, 5.74) is 10.8. The number of rotatable bonds is 1. The predicted molar refractivity (Wildman–Crippen MR) is 94.1 cm³/mol. The van der Waals surface area contributed by atoms with Gasteiger partial charge in [0.2, 0.25) is 0 Å². The Bertz CT molecular complexity index is 499. The van der Waals surface area contributed by atoms with Crippen molar-refractivity contribution in [2.45, 2.75) is 0 Å². The quantitative estimate of drug-likeness (QED) is 0.702. The van der Waals surface area contributed by atoms with E-state index in [2.05, 4.69) is 30.8 Å². The van der Waals surface area contributed by atoms with Gasteiger partial charge in [-0.15, -0.1) is 17.0 Å². The van der Waals surface area contributed by atoms with Gasteiger partial charge in [-0.2, -0.15) is 0 Å². The molecule has 20 heavy (non-hydrogen) atoms. The Balaban J connectivity index is 0.000000216. The average molecular weight is 445 g/mol. The summed E-state index contributed by atoms with van der Waals surface area (Å²) in [5.74, 6) is 0. The molecule has 0 saturated carbocycles. The van der Waals surface area contributed by atoms with Gasteiger partial charge in [0.05, 0.1) is 29.4 Å². The van der Waals surface area contributed by atoms with E-state index in [1.54, 1.807) is 6.20 Å². The summed E-state index contributed by atoms with van der Waals surface area (Å²) in [7, 11) is 0. The first-order valence-corrected chi connectivity index (χ1v) is 7.98. The number of anilines is 3. The van der Waals surface area contributed by atoms with Gasteiger partial charge in [0.15, 0.2) is 10.3 Å². The smallest absolute Gasteiger partial charge is 0.181 e. The highest BCUT2D eigenvalue weighted by atomic mass is 79.9. The van der Waals surface area contributed by atoms with Gasteiger partial charge < -0.3 is 21.1 Å². The fourth-order valence-electron chi connectivity index (χ4n) is 1.48. The Morgan fingerprint density at radius 1 is 1.10 bits per heavy atom. The number of hydrogen-bond donors (Lipinski definition) is 2. The van der Waals surface area contributed by atoms with E-state index >= 15 is 0 Å². The van der Waals surface area contributed by atoms with Gasteiger partial charge in [-0.05, 0) is 15.9 Å². The Kier molecular flexibility index (Phi) is 7.74. The summed E-state index contributed by atoms with van der Waals surface area (Å²) in [6.07, 6.45) is 3.51. The van der Waals surface area contributed by atoms with Crippen LogP contribution in [0.4, 0.5) is 15.3 Å². The number of morpholine rings is 1. The molecule has 1 aliphatic heterocycles. The summed E-state index contributed by atoms with van der Waals surface area (Å²) in [6.45, 7) is 3.50. The zero-order valence-corrected chi connectivity index (χ0v) is 15.4. The minimum Gasteiger partial charge on any atom is -0.378 e. The largest absolute Gasteiger partial charge is 0.378 e. The Morgan fingerprint density at radius 3 is 2.10 bits per heavy atom. The molecular weight excluding hydrogens is 430 g/mol. The second-order valence-corrected chi connectivity index (χ2v) is 7.12.